The number of hydrogen-bond acceptors (Lipinski definition) is 6. The van der Waals surface area contributed by atoms with Gasteiger partial charge >= 0.3 is 6.36 Å². The van der Waals surface area contributed by atoms with Crippen molar-refractivity contribution in [3.8, 4) is 5.75 Å². The fraction of sp³-hybridized carbons (Fsp3) is 0.609. The lowest BCUT2D eigenvalue weighted by Gasteiger charge is -2.40. The molecule has 2 N–H and O–H groups in total. The highest BCUT2D eigenvalue weighted by Crippen LogP contribution is 2.52. The summed E-state index contributed by atoms with van der Waals surface area (Å²) in [5.41, 5.74) is -0.0943. The minimum absolute atomic E-state index is 0.0772. The smallest absolute Gasteiger partial charge is 0.479 e. The van der Waals surface area contributed by atoms with Crippen molar-refractivity contribution in [2.45, 2.75) is 74.8 Å². The lowest BCUT2D eigenvalue weighted by Crippen LogP contribution is -2.56. The second kappa shape index (κ2) is 8.94. The van der Waals surface area contributed by atoms with Gasteiger partial charge in [0.05, 0.1) is 24.2 Å². The van der Waals surface area contributed by atoms with Gasteiger partial charge in [-0.05, 0) is 43.4 Å². The van der Waals surface area contributed by atoms with Crippen LogP contribution < -0.4 is 15.4 Å². The number of rotatable bonds is 7. The maximum Gasteiger partial charge on any atom is 0.522 e. The standard InChI is InChI=1S/C23H24ClF3N2O6/c24-12-1-2-18-15(3-12)17(30)6-19(34-18)21(32)29-22-7-11(8-22)16(9-22)28-20(31)10-33-13-4-14(5-13)35-23(25,26)27/h1-3,11,13-14,16,19H,4-10H2,(H,28,31)(H,29,32). The largest absolute Gasteiger partial charge is 0.522 e. The first-order valence-corrected chi connectivity index (χ1v) is 11.8. The van der Waals surface area contributed by atoms with Crippen molar-refractivity contribution in [1.82, 2.24) is 10.6 Å². The Morgan fingerprint density at radius 3 is 2.63 bits per heavy atom. The van der Waals surface area contributed by atoms with Crippen LogP contribution in [0.1, 0.15) is 48.9 Å². The van der Waals surface area contributed by atoms with E-state index in [4.69, 9.17) is 21.1 Å². The van der Waals surface area contributed by atoms with Gasteiger partial charge in [0.2, 0.25) is 5.91 Å². The Morgan fingerprint density at radius 2 is 1.91 bits per heavy atom. The SMILES string of the molecule is O=C(COC1CC(OC(F)(F)F)C1)NC1CC2(NC(=O)C3CC(=O)c4cc(Cl)ccc4O3)CC1C2. The fourth-order valence-electron chi connectivity index (χ4n) is 5.47. The Kier molecular flexibility index (Phi) is 6.21. The van der Waals surface area contributed by atoms with Gasteiger partial charge in [-0.2, -0.15) is 0 Å². The van der Waals surface area contributed by atoms with Crippen molar-refractivity contribution in [3.05, 3.63) is 28.8 Å². The number of carbonyl (C=O) groups excluding carboxylic acids is 3. The van der Waals surface area contributed by atoms with Gasteiger partial charge < -0.3 is 20.1 Å². The molecule has 6 rings (SSSR count). The molecule has 190 valence electrons. The first-order valence-electron chi connectivity index (χ1n) is 11.5. The van der Waals surface area contributed by atoms with Crippen LogP contribution in [0.3, 0.4) is 0 Å². The molecule has 4 fully saturated rings. The summed E-state index contributed by atoms with van der Waals surface area (Å²) >= 11 is 5.93. The maximum absolute atomic E-state index is 12.9. The van der Waals surface area contributed by atoms with E-state index in [1.165, 1.54) is 6.07 Å². The van der Waals surface area contributed by atoms with Crippen LogP contribution in [0.2, 0.25) is 5.02 Å². The molecule has 1 heterocycles. The van der Waals surface area contributed by atoms with Gasteiger partial charge in [0.25, 0.3) is 5.91 Å². The molecule has 0 aromatic heterocycles. The lowest BCUT2D eigenvalue weighted by molar-refractivity contribution is -0.357. The van der Waals surface area contributed by atoms with E-state index in [1.807, 2.05) is 0 Å². The second-order valence-corrected chi connectivity index (χ2v) is 10.2. The van der Waals surface area contributed by atoms with Gasteiger partial charge in [-0.15, -0.1) is 13.2 Å². The Morgan fingerprint density at radius 1 is 1.17 bits per heavy atom. The fourth-order valence-corrected chi connectivity index (χ4v) is 5.64. The number of amides is 2. The number of ether oxygens (including phenoxy) is 3. The van der Waals surface area contributed by atoms with Crippen LogP contribution in [0.25, 0.3) is 0 Å². The Balaban J connectivity index is 1.06. The molecule has 2 amide bonds. The van der Waals surface area contributed by atoms with E-state index in [0.29, 0.717) is 35.6 Å². The molecule has 4 saturated carbocycles. The molecule has 0 saturated heterocycles. The van der Waals surface area contributed by atoms with Crippen LogP contribution in [-0.2, 0) is 19.1 Å². The maximum atomic E-state index is 12.9. The number of fused-ring (bicyclic) bond motifs is 2. The quantitative estimate of drug-likeness (QED) is 0.578. The van der Waals surface area contributed by atoms with Crippen molar-refractivity contribution in [1.29, 1.82) is 0 Å². The summed E-state index contributed by atoms with van der Waals surface area (Å²) in [5, 5.41) is 6.34. The van der Waals surface area contributed by atoms with Crippen molar-refractivity contribution in [2.75, 3.05) is 6.61 Å². The molecule has 5 aliphatic rings. The highest BCUT2D eigenvalue weighted by molar-refractivity contribution is 6.31. The molecule has 0 spiro atoms. The number of carbonyl (C=O) groups is 3. The number of ketones is 1. The third-order valence-electron chi connectivity index (χ3n) is 7.20. The minimum atomic E-state index is -4.67. The molecular formula is C23H24ClF3N2O6. The molecular weight excluding hydrogens is 493 g/mol. The number of Topliss-reactive ketones (excluding diaryl/α,β-unsaturated/α-hetero) is 1. The molecule has 12 heteroatoms. The summed E-state index contributed by atoms with van der Waals surface area (Å²) in [4.78, 5) is 37.6. The van der Waals surface area contributed by atoms with Gasteiger partial charge in [-0.1, -0.05) is 11.6 Å². The van der Waals surface area contributed by atoms with E-state index < -0.39 is 30.2 Å². The van der Waals surface area contributed by atoms with E-state index in [-0.39, 0.29) is 55.4 Å². The molecule has 0 radical (unpaired) electrons. The monoisotopic (exact) mass is 516 g/mol. The number of halogens is 4. The molecule has 35 heavy (non-hydrogen) atoms. The number of alkyl halides is 3. The highest BCUT2D eigenvalue weighted by atomic mass is 35.5. The van der Waals surface area contributed by atoms with E-state index >= 15 is 0 Å². The van der Waals surface area contributed by atoms with E-state index in [2.05, 4.69) is 15.4 Å². The van der Waals surface area contributed by atoms with Crippen LogP contribution in [0.15, 0.2) is 18.2 Å². The molecule has 2 atom stereocenters. The summed E-state index contributed by atoms with van der Waals surface area (Å²) in [6, 6.07) is 4.56. The second-order valence-electron chi connectivity index (χ2n) is 9.78. The first kappa shape index (κ1) is 24.3. The predicted octanol–water partition coefficient (Wildman–Crippen LogP) is 2.91. The zero-order valence-electron chi connectivity index (χ0n) is 18.5. The van der Waals surface area contributed by atoms with Gasteiger partial charge in [0.15, 0.2) is 11.9 Å². The predicted molar refractivity (Wildman–Crippen MR) is 115 cm³/mol. The van der Waals surface area contributed by atoms with E-state index in [9.17, 15) is 27.6 Å². The van der Waals surface area contributed by atoms with E-state index in [0.717, 1.165) is 0 Å². The summed E-state index contributed by atoms with van der Waals surface area (Å²) < 4.78 is 51.5. The van der Waals surface area contributed by atoms with Crippen LogP contribution in [0.4, 0.5) is 13.2 Å². The van der Waals surface area contributed by atoms with Gasteiger partial charge in [0, 0.05) is 29.4 Å². The third kappa shape index (κ3) is 5.26. The van der Waals surface area contributed by atoms with Crippen molar-refractivity contribution in [3.63, 3.8) is 0 Å². The molecule has 1 aromatic rings. The minimum Gasteiger partial charge on any atom is -0.479 e. The molecule has 1 aromatic carbocycles. The number of nitrogens with one attached hydrogen (secondary N) is 2. The van der Waals surface area contributed by atoms with Crippen LogP contribution in [0, 0.1) is 5.92 Å². The van der Waals surface area contributed by atoms with Crippen molar-refractivity contribution >= 4 is 29.2 Å². The van der Waals surface area contributed by atoms with E-state index in [1.54, 1.807) is 12.1 Å². The van der Waals surface area contributed by atoms with Crippen LogP contribution >= 0.6 is 11.6 Å². The Labute approximate surface area is 203 Å². The summed E-state index contributed by atoms with van der Waals surface area (Å²) in [6.07, 6.45) is -4.89. The average molecular weight is 517 g/mol. The summed E-state index contributed by atoms with van der Waals surface area (Å²) in [5.74, 6) is -0.385. The Bertz CT molecular complexity index is 1040. The van der Waals surface area contributed by atoms with Crippen LogP contribution in [0.5, 0.6) is 5.75 Å². The summed E-state index contributed by atoms with van der Waals surface area (Å²) in [6.45, 7) is -0.243. The zero-order chi connectivity index (χ0) is 25.0. The average Bonchev–Trinajstić information content (AvgIpc) is 3.22. The molecule has 1 aliphatic heterocycles. The zero-order valence-corrected chi connectivity index (χ0v) is 19.3. The number of benzene rings is 1. The third-order valence-corrected chi connectivity index (χ3v) is 7.43. The first-order chi connectivity index (χ1) is 16.5. The van der Waals surface area contributed by atoms with Gasteiger partial charge in [-0.3, -0.25) is 19.1 Å². The Hall–Kier alpha value is -2.37. The van der Waals surface area contributed by atoms with Gasteiger partial charge in [0.1, 0.15) is 12.4 Å². The van der Waals surface area contributed by atoms with Crippen molar-refractivity contribution in [2.24, 2.45) is 5.92 Å². The topological polar surface area (TPSA) is 103 Å². The summed E-state index contributed by atoms with van der Waals surface area (Å²) in [7, 11) is 0. The molecule has 4 aliphatic carbocycles. The molecule has 2 bridgehead atoms. The lowest BCUT2D eigenvalue weighted by atomic mass is 9.76. The molecule has 2 unspecified atom stereocenters. The van der Waals surface area contributed by atoms with Crippen molar-refractivity contribution < 1.29 is 41.8 Å². The highest BCUT2D eigenvalue weighted by Gasteiger charge is 2.57. The normalized spacial score (nSPS) is 33.1. The molecule has 8 nitrogen and oxygen atoms in total. The van der Waals surface area contributed by atoms with Crippen LogP contribution in [-0.4, -0.2) is 60.5 Å². The number of hydrogen-bond donors (Lipinski definition) is 2. The van der Waals surface area contributed by atoms with Gasteiger partial charge in [-0.25, -0.2) is 0 Å².